The van der Waals surface area contributed by atoms with Crippen LogP contribution in [-0.4, -0.2) is 34.3 Å². The van der Waals surface area contributed by atoms with Crippen molar-refractivity contribution in [1.29, 1.82) is 0 Å². The van der Waals surface area contributed by atoms with Crippen LogP contribution in [0.3, 0.4) is 0 Å². The summed E-state index contributed by atoms with van der Waals surface area (Å²) < 4.78 is 0. The second-order valence-electron chi connectivity index (χ2n) is 5.67. The molecule has 1 aliphatic carbocycles. The lowest BCUT2D eigenvalue weighted by atomic mass is 9.77. The minimum atomic E-state index is -0.178. The van der Waals surface area contributed by atoms with E-state index in [9.17, 15) is 5.11 Å². The van der Waals surface area contributed by atoms with Crippen LogP contribution in [0.1, 0.15) is 52.4 Å². The second kappa shape index (κ2) is 6.95. The van der Waals surface area contributed by atoms with Gasteiger partial charge in [0.2, 0.25) is 0 Å². The van der Waals surface area contributed by atoms with Crippen molar-refractivity contribution in [2.24, 2.45) is 16.8 Å². The molecule has 1 unspecified atom stereocenters. The highest BCUT2D eigenvalue weighted by atomic mass is 16.4. The number of nitrogens with one attached hydrogen (secondary N) is 1. The van der Waals surface area contributed by atoms with Crippen molar-refractivity contribution in [1.82, 2.24) is 5.32 Å². The van der Waals surface area contributed by atoms with Gasteiger partial charge >= 0.3 is 0 Å². The van der Waals surface area contributed by atoms with Crippen molar-refractivity contribution < 1.29 is 10.3 Å². The summed E-state index contributed by atoms with van der Waals surface area (Å²) >= 11 is 0. The van der Waals surface area contributed by atoms with Crippen molar-refractivity contribution in [3.8, 4) is 0 Å². The molecule has 0 radical (unpaired) electrons. The van der Waals surface area contributed by atoms with Crippen LogP contribution < -0.4 is 11.1 Å². The number of hydrogen-bond acceptors (Lipinski definition) is 4. The van der Waals surface area contributed by atoms with Gasteiger partial charge in [0, 0.05) is 18.0 Å². The number of aliphatic hydroxyl groups excluding tert-OH is 1. The molecule has 0 bridgehead atoms. The molecule has 5 N–H and O–H groups in total. The lowest BCUT2D eigenvalue weighted by molar-refractivity contribution is 0.0939. The molecular formula is C13H27N3O2. The maximum Gasteiger partial charge on any atom is 0.140 e. The zero-order valence-electron chi connectivity index (χ0n) is 11.5. The van der Waals surface area contributed by atoms with Crippen molar-refractivity contribution in [2.75, 3.05) is 6.61 Å². The minimum Gasteiger partial charge on any atom is -0.409 e. The number of nitrogens with two attached hydrogens (primary N) is 1. The van der Waals surface area contributed by atoms with Crippen molar-refractivity contribution in [3.05, 3.63) is 0 Å². The first-order valence-electron chi connectivity index (χ1n) is 6.90. The van der Waals surface area contributed by atoms with E-state index in [-0.39, 0.29) is 24.0 Å². The average molecular weight is 257 g/mol. The number of hydrogen-bond donors (Lipinski definition) is 4. The molecule has 0 heterocycles. The standard InChI is InChI=1S/C13H27N3O2/c1-3-11(8-12(14)16-18)15-13(9-17)6-4-10(2)5-7-13/h10-11,15,17-18H,3-9H2,1-2H3,(H2,14,16). The highest BCUT2D eigenvalue weighted by molar-refractivity contribution is 5.80. The third-order valence-corrected chi connectivity index (χ3v) is 4.12. The zero-order valence-corrected chi connectivity index (χ0v) is 11.5. The Morgan fingerprint density at radius 1 is 1.50 bits per heavy atom. The van der Waals surface area contributed by atoms with Gasteiger partial charge in [0.25, 0.3) is 0 Å². The highest BCUT2D eigenvalue weighted by Gasteiger charge is 2.35. The summed E-state index contributed by atoms with van der Waals surface area (Å²) in [5, 5.41) is 24.9. The van der Waals surface area contributed by atoms with E-state index in [1.807, 2.05) is 0 Å². The molecule has 0 aromatic carbocycles. The lowest BCUT2D eigenvalue weighted by Crippen LogP contribution is -2.55. The molecule has 5 nitrogen and oxygen atoms in total. The zero-order chi connectivity index (χ0) is 13.6. The van der Waals surface area contributed by atoms with Crippen LogP contribution in [0, 0.1) is 5.92 Å². The molecule has 1 rings (SSSR count). The molecule has 0 spiro atoms. The lowest BCUT2D eigenvalue weighted by Gasteiger charge is -2.41. The summed E-state index contributed by atoms with van der Waals surface area (Å²) in [6, 6.07) is 0.154. The van der Waals surface area contributed by atoms with Crippen LogP contribution in [0.15, 0.2) is 5.16 Å². The number of rotatable bonds is 6. The van der Waals surface area contributed by atoms with Crippen molar-refractivity contribution in [2.45, 2.75) is 64.0 Å². The van der Waals surface area contributed by atoms with Gasteiger partial charge in [0.1, 0.15) is 5.84 Å². The van der Waals surface area contributed by atoms with Crippen LogP contribution >= 0.6 is 0 Å². The van der Waals surface area contributed by atoms with E-state index >= 15 is 0 Å². The van der Waals surface area contributed by atoms with Gasteiger partial charge < -0.3 is 21.4 Å². The summed E-state index contributed by atoms with van der Waals surface area (Å²) in [6.07, 6.45) is 5.70. The average Bonchev–Trinajstić information content (AvgIpc) is 2.40. The van der Waals surface area contributed by atoms with E-state index in [0.29, 0.717) is 6.42 Å². The van der Waals surface area contributed by atoms with Crippen LogP contribution in [0.5, 0.6) is 0 Å². The van der Waals surface area contributed by atoms with Crippen molar-refractivity contribution >= 4 is 5.84 Å². The molecule has 0 aromatic rings. The molecule has 18 heavy (non-hydrogen) atoms. The van der Waals surface area contributed by atoms with E-state index in [2.05, 4.69) is 24.3 Å². The summed E-state index contributed by atoms with van der Waals surface area (Å²) in [5.74, 6) is 0.988. The van der Waals surface area contributed by atoms with E-state index in [0.717, 1.165) is 38.0 Å². The van der Waals surface area contributed by atoms with Gasteiger partial charge in [0.15, 0.2) is 0 Å². The quantitative estimate of drug-likeness (QED) is 0.251. The summed E-state index contributed by atoms with van der Waals surface area (Å²) in [4.78, 5) is 0. The second-order valence-corrected chi connectivity index (χ2v) is 5.67. The number of amidine groups is 1. The Hall–Kier alpha value is -0.810. The van der Waals surface area contributed by atoms with E-state index < -0.39 is 0 Å². The van der Waals surface area contributed by atoms with E-state index in [1.165, 1.54) is 0 Å². The first-order chi connectivity index (χ1) is 8.55. The van der Waals surface area contributed by atoms with Gasteiger partial charge in [-0.2, -0.15) is 0 Å². The Morgan fingerprint density at radius 2 is 2.11 bits per heavy atom. The molecule has 1 fully saturated rings. The fraction of sp³-hybridized carbons (Fsp3) is 0.923. The third-order valence-electron chi connectivity index (χ3n) is 4.12. The fourth-order valence-electron chi connectivity index (χ4n) is 2.69. The Kier molecular flexibility index (Phi) is 5.88. The molecule has 1 saturated carbocycles. The van der Waals surface area contributed by atoms with Crippen LogP contribution in [0.25, 0.3) is 0 Å². The normalized spacial score (nSPS) is 31.3. The Morgan fingerprint density at radius 3 is 2.56 bits per heavy atom. The first-order valence-corrected chi connectivity index (χ1v) is 6.90. The van der Waals surface area contributed by atoms with Gasteiger partial charge in [-0.05, 0) is 38.0 Å². The molecule has 1 aliphatic rings. The van der Waals surface area contributed by atoms with Gasteiger partial charge in [-0.1, -0.05) is 19.0 Å². The van der Waals surface area contributed by atoms with Gasteiger partial charge in [-0.3, -0.25) is 0 Å². The molecule has 0 aliphatic heterocycles. The van der Waals surface area contributed by atoms with Gasteiger partial charge in [-0.25, -0.2) is 0 Å². The SMILES string of the molecule is CCC(C/C(N)=N/O)NC1(CO)CCC(C)CC1. The van der Waals surface area contributed by atoms with Crippen molar-refractivity contribution in [3.63, 3.8) is 0 Å². The molecule has 0 saturated heterocycles. The molecule has 106 valence electrons. The number of oxime groups is 1. The third kappa shape index (κ3) is 4.14. The van der Waals surface area contributed by atoms with Gasteiger partial charge in [0.05, 0.1) is 6.61 Å². The Balaban J connectivity index is 2.59. The molecule has 0 aromatic heterocycles. The smallest absolute Gasteiger partial charge is 0.140 e. The number of aliphatic hydroxyl groups is 1. The Labute approximate surface area is 109 Å². The van der Waals surface area contributed by atoms with E-state index in [1.54, 1.807) is 0 Å². The van der Waals surface area contributed by atoms with Crippen LogP contribution in [-0.2, 0) is 0 Å². The predicted molar refractivity (Wildman–Crippen MR) is 72.7 cm³/mol. The fourth-order valence-corrected chi connectivity index (χ4v) is 2.69. The van der Waals surface area contributed by atoms with E-state index in [4.69, 9.17) is 10.9 Å². The Bertz CT molecular complexity index is 273. The largest absolute Gasteiger partial charge is 0.409 e. The maximum absolute atomic E-state index is 9.69. The first kappa shape index (κ1) is 15.2. The molecular weight excluding hydrogens is 230 g/mol. The molecule has 0 amide bonds. The summed E-state index contributed by atoms with van der Waals surface area (Å²) in [6.45, 7) is 4.49. The minimum absolute atomic E-state index is 0.154. The monoisotopic (exact) mass is 257 g/mol. The molecule has 1 atom stereocenters. The highest BCUT2D eigenvalue weighted by Crippen LogP contribution is 2.32. The summed E-state index contributed by atoms with van der Waals surface area (Å²) in [5.41, 5.74) is 5.38. The number of nitrogens with zero attached hydrogens (tertiary/aromatic N) is 1. The van der Waals surface area contributed by atoms with Gasteiger partial charge in [-0.15, -0.1) is 0 Å². The van der Waals surface area contributed by atoms with Crippen LogP contribution in [0.4, 0.5) is 0 Å². The molecule has 5 heteroatoms. The predicted octanol–water partition coefficient (Wildman–Crippen LogP) is 1.43. The van der Waals surface area contributed by atoms with Crippen LogP contribution in [0.2, 0.25) is 0 Å². The topological polar surface area (TPSA) is 90.9 Å². The maximum atomic E-state index is 9.69. The summed E-state index contributed by atoms with van der Waals surface area (Å²) in [7, 11) is 0.